The average Bonchev–Trinajstić information content (AvgIpc) is 2.35. The number of amides is 1. The zero-order chi connectivity index (χ0) is 14.5. The molecule has 1 unspecified atom stereocenters. The maximum absolute atomic E-state index is 12.5. The van der Waals surface area contributed by atoms with Gasteiger partial charge in [-0.05, 0) is 31.6 Å². The van der Waals surface area contributed by atoms with Crippen LogP contribution in [-0.2, 0) is 9.53 Å². The van der Waals surface area contributed by atoms with Crippen LogP contribution in [-0.4, -0.2) is 38.4 Å². The summed E-state index contributed by atoms with van der Waals surface area (Å²) in [5.41, 5.74) is 5.54. The number of carbonyl (C=O) groups is 1. The van der Waals surface area contributed by atoms with E-state index in [0.717, 1.165) is 0 Å². The maximum atomic E-state index is 12.5. The molecule has 7 heteroatoms. The molecule has 1 rings (SSSR count). The minimum absolute atomic E-state index is 0.109. The second-order valence-electron chi connectivity index (χ2n) is 5.07. The third kappa shape index (κ3) is 5.36. The van der Waals surface area contributed by atoms with Gasteiger partial charge in [0, 0.05) is 13.7 Å². The number of carbonyl (C=O) groups excluding carboxylic acids is 1. The van der Waals surface area contributed by atoms with E-state index in [1.165, 1.54) is 7.11 Å². The van der Waals surface area contributed by atoms with Crippen LogP contribution < -0.4 is 11.1 Å². The van der Waals surface area contributed by atoms with Crippen LogP contribution in [0.3, 0.4) is 0 Å². The summed E-state index contributed by atoms with van der Waals surface area (Å²) in [7, 11) is 1.45. The summed E-state index contributed by atoms with van der Waals surface area (Å²) >= 11 is 0. The van der Waals surface area contributed by atoms with Crippen LogP contribution in [0.1, 0.15) is 25.7 Å². The quantitative estimate of drug-likeness (QED) is 0.802. The lowest BCUT2D eigenvalue weighted by atomic mass is 9.81. The van der Waals surface area contributed by atoms with E-state index < -0.39 is 18.1 Å². The van der Waals surface area contributed by atoms with E-state index in [4.69, 9.17) is 10.5 Å². The molecule has 1 aliphatic carbocycles. The van der Waals surface area contributed by atoms with Crippen molar-refractivity contribution in [2.45, 2.75) is 37.9 Å². The second-order valence-corrected chi connectivity index (χ2v) is 5.07. The van der Waals surface area contributed by atoms with Gasteiger partial charge in [0.2, 0.25) is 5.91 Å². The molecule has 0 aromatic carbocycles. The van der Waals surface area contributed by atoms with Crippen molar-refractivity contribution in [3.05, 3.63) is 0 Å². The molecular formula is C12H21F3N2O2. The predicted octanol–water partition coefficient (Wildman–Crippen LogP) is 1.44. The highest BCUT2D eigenvalue weighted by Crippen LogP contribution is 2.39. The topological polar surface area (TPSA) is 64.3 Å². The van der Waals surface area contributed by atoms with Gasteiger partial charge in [0.15, 0.2) is 0 Å². The third-order valence-corrected chi connectivity index (χ3v) is 3.56. The zero-order valence-corrected chi connectivity index (χ0v) is 11.0. The molecule has 1 atom stereocenters. The molecule has 4 nitrogen and oxygen atoms in total. The Balaban J connectivity index is 2.25. The molecule has 1 fully saturated rings. The molecule has 0 spiro atoms. The molecule has 1 saturated carbocycles. The summed E-state index contributed by atoms with van der Waals surface area (Å²) in [6.45, 7) is 0.521. The summed E-state index contributed by atoms with van der Waals surface area (Å²) < 4.78 is 42.2. The van der Waals surface area contributed by atoms with Crippen molar-refractivity contribution in [2.75, 3.05) is 20.3 Å². The van der Waals surface area contributed by atoms with E-state index in [1.807, 2.05) is 0 Å². The Morgan fingerprint density at radius 3 is 2.42 bits per heavy atom. The molecule has 1 amide bonds. The van der Waals surface area contributed by atoms with E-state index in [0.29, 0.717) is 19.4 Å². The normalized spacial score (nSPS) is 25.9. The number of nitrogens with two attached hydrogens (primary N) is 1. The molecule has 0 aromatic heterocycles. The van der Waals surface area contributed by atoms with Gasteiger partial charge in [0.1, 0.15) is 6.04 Å². The van der Waals surface area contributed by atoms with Crippen molar-refractivity contribution in [1.82, 2.24) is 5.32 Å². The van der Waals surface area contributed by atoms with Gasteiger partial charge >= 0.3 is 6.18 Å². The fourth-order valence-corrected chi connectivity index (χ4v) is 2.33. The molecule has 1 aliphatic rings. The Hall–Kier alpha value is -0.820. The lowest BCUT2D eigenvalue weighted by Crippen LogP contribution is -2.45. The van der Waals surface area contributed by atoms with E-state index in [9.17, 15) is 18.0 Å². The van der Waals surface area contributed by atoms with Crippen LogP contribution in [0.5, 0.6) is 0 Å². The Labute approximate surface area is 110 Å². The number of hydrogen-bond acceptors (Lipinski definition) is 3. The van der Waals surface area contributed by atoms with Gasteiger partial charge in [-0.3, -0.25) is 4.79 Å². The minimum atomic E-state index is -4.09. The van der Waals surface area contributed by atoms with Crippen LogP contribution in [0.4, 0.5) is 13.2 Å². The molecule has 0 saturated heterocycles. The number of halogens is 3. The van der Waals surface area contributed by atoms with Crippen LogP contribution >= 0.6 is 0 Å². The highest BCUT2D eigenvalue weighted by Gasteiger charge is 2.41. The van der Waals surface area contributed by atoms with Crippen molar-refractivity contribution in [3.63, 3.8) is 0 Å². The monoisotopic (exact) mass is 282 g/mol. The molecular weight excluding hydrogens is 261 g/mol. The van der Waals surface area contributed by atoms with Crippen LogP contribution in [0.25, 0.3) is 0 Å². The lowest BCUT2D eigenvalue weighted by Gasteiger charge is -2.30. The molecule has 0 heterocycles. The smallest absolute Gasteiger partial charge is 0.383 e. The van der Waals surface area contributed by atoms with E-state index >= 15 is 0 Å². The van der Waals surface area contributed by atoms with Gasteiger partial charge in [-0.2, -0.15) is 13.2 Å². The van der Waals surface area contributed by atoms with Gasteiger partial charge in [-0.15, -0.1) is 0 Å². The van der Waals surface area contributed by atoms with Crippen LogP contribution in [0.2, 0.25) is 0 Å². The van der Waals surface area contributed by atoms with Gasteiger partial charge < -0.3 is 15.8 Å². The van der Waals surface area contributed by atoms with Gasteiger partial charge in [0.05, 0.1) is 12.5 Å². The SMILES string of the molecule is COCC(N)C(=O)NCC1CCC(C(F)(F)F)CC1. The summed E-state index contributed by atoms with van der Waals surface area (Å²) in [5.74, 6) is -1.40. The van der Waals surface area contributed by atoms with E-state index in [2.05, 4.69) is 5.32 Å². The summed E-state index contributed by atoms with van der Waals surface area (Å²) in [5, 5.41) is 2.67. The number of methoxy groups -OCH3 is 1. The largest absolute Gasteiger partial charge is 0.391 e. The Kier molecular flexibility index (Phi) is 6.06. The van der Waals surface area contributed by atoms with Gasteiger partial charge in [0.25, 0.3) is 0 Å². The van der Waals surface area contributed by atoms with Crippen molar-refractivity contribution < 1.29 is 22.7 Å². The van der Waals surface area contributed by atoms with Crippen molar-refractivity contribution in [2.24, 2.45) is 17.6 Å². The predicted molar refractivity (Wildman–Crippen MR) is 64.4 cm³/mol. The zero-order valence-electron chi connectivity index (χ0n) is 11.0. The highest BCUT2D eigenvalue weighted by atomic mass is 19.4. The van der Waals surface area contributed by atoms with E-state index in [-0.39, 0.29) is 31.3 Å². The fraction of sp³-hybridized carbons (Fsp3) is 0.917. The number of nitrogens with one attached hydrogen (secondary N) is 1. The Morgan fingerprint density at radius 2 is 1.95 bits per heavy atom. The van der Waals surface area contributed by atoms with E-state index in [1.54, 1.807) is 0 Å². The summed E-state index contributed by atoms with van der Waals surface area (Å²) in [6, 6.07) is -0.725. The molecule has 0 radical (unpaired) electrons. The maximum Gasteiger partial charge on any atom is 0.391 e. The first-order chi connectivity index (χ1) is 8.84. The standard InChI is InChI=1S/C12H21F3N2O2/c1-19-7-10(16)11(18)17-6-8-2-4-9(5-3-8)12(13,14)15/h8-10H,2-7,16H2,1H3,(H,17,18). The molecule has 19 heavy (non-hydrogen) atoms. The van der Waals surface area contributed by atoms with Crippen LogP contribution in [0, 0.1) is 11.8 Å². The Morgan fingerprint density at radius 1 is 1.37 bits per heavy atom. The number of ether oxygens (including phenoxy) is 1. The lowest BCUT2D eigenvalue weighted by molar-refractivity contribution is -0.183. The van der Waals surface area contributed by atoms with Crippen molar-refractivity contribution in [3.8, 4) is 0 Å². The number of alkyl halides is 3. The molecule has 0 aromatic rings. The first-order valence-corrected chi connectivity index (χ1v) is 6.43. The van der Waals surface area contributed by atoms with Crippen molar-refractivity contribution in [1.29, 1.82) is 0 Å². The van der Waals surface area contributed by atoms with Gasteiger partial charge in [-0.25, -0.2) is 0 Å². The number of rotatable bonds is 5. The van der Waals surface area contributed by atoms with Gasteiger partial charge in [-0.1, -0.05) is 0 Å². The fourth-order valence-electron chi connectivity index (χ4n) is 2.33. The minimum Gasteiger partial charge on any atom is -0.383 e. The summed E-state index contributed by atoms with van der Waals surface area (Å²) in [4.78, 5) is 11.5. The first kappa shape index (κ1) is 16.2. The van der Waals surface area contributed by atoms with Crippen LogP contribution in [0.15, 0.2) is 0 Å². The number of hydrogen-bond donors (Lipinski definition) is 2. The first-order valence-electron chi connectivity index (χ1n) is 6.43. The average molecular weight is 282 g/mol. The Bertz CT molecular complexity index is 289. The molecule has 0 bridgehead atoms. The highest BCUT2D eigenvalue weighted by molar-refractivity contribution is 5.81. The second kappa shape index (κ2) is 7.09. The molecule has 3 N–H and O–H groups in total. The molecule has 112 valence electrons. The molecule has 0 aliphatic heterocycles. The van der Waals surface area contributed by atoms with Crippen molar-refractivity contribution >= 4 is 5.91 Å². The third-order valence-electron chi connectivity index (χ3n) is 3.56. The summed E-state index contributed by atoms with van der Waals surface area (Å²) in [6.07, 6.45) is -2.81.